The number of benzene rings is 6. The first-order valence-corrected chi connectivity index (χ1v) is 14.1. The molecule has 2 heterocycles. The molecule has 0 radical (unpaired) electrons. The normalized spacial score (nSPS) is 11.5. The number of phenolic OH excluding ortho intramolecular Hbond substituents is 2. The topological polar surface area (TPSA) is 70.6 Å². The Morgan fingerprint density at radius 2 is 1.32 bits per heavy atom. The monoisotopic (exact) mass is 750 g/mol. The van der Waals surface area contributed by atoms with Gasteiger partial charge in [-0.3, -0.25) is 4.99 Å². The summed E-state index contributed by atoms with van der Waals surface area (Å²) in [6.07, 6.45) is 1.72. The summed E-state index contributed by atoms with van der Waals surface area (Å²) in [7, 11) is 0. The van der Waals surface area contributed by atoms with Gasteiger partial charge in [0.2, 0.25) is 0 Å². The molecule has 0 amide bonds. The molecule has 2 N–H and O–H groups in total. The van der Waals surface area contributed by atoms with E-state index in [2.05, 4.69) is 34.9 Å². The fourth-order valence-corrected chi connectivity index (χ4v) is 6.12. The molecule has 0 spiro atoms. The van der Waals surface area contributed by atoms with Crippen LogP contribution in [0.2, 0.25) is 0 Å². The molecule has 8 aromatic rings. The van der Waals surface area contributed by atoms with E-state index in [1.54, 1.807) is 12.3 Å². The molecule has 8 rings (SSSR count). The van der Waals surface area contributed by atoms with E-state index in [4.69, 9.17) is 9.98 Å². The van der Waals surface area contributed by atoms with Gasteiger partial charge < -0.3 is 14.8 Å². The predicted molar refractivity (Wildman–Crippen MR) is 176 cm³/mol. The van der Waals surface area contributed by atoms with Gasteiger partial charge in [0.25, 0.3) is 0 Å². The van der Waals surface area contributed by atoms with Gasteiger partial charge >= 0.3 is 0 Å². The summed E-state index contributed by atoms with van der Waals surface area (Å²) in [5, 5.41) is 27.8. The van der Waals surface area contributed by atoms with Gasteiger partial charge in [0.15, 0.2) is 0 Å². The van der Waals surface area contributed by atoms with Crippen molar-refractivity contribution in [3.63, 3.8) is 0 Å². The van der Waals surface area contributed by atoms with Crippen molar-refractivity contribution >= 4 is 55.3 Å². The minimum absolute atomic E-state index is 0. The van der Waals surface area contributed by atoms with Crippen molar-refractivity contribution in [2.75, 3.05) is 0 Å². The third-order valence-electron chi connectivity index (χ3n) is 8.04. The number of aromatic hydroxyl groups is 2. The van der Waals surface area contributed by atoms with E-state index in [0.717, 1.165) is 43.7 Å². The second-order valence-corrected chi connectivity index (χ2v) is 10.6. The van der Waals surface area contributed by atoms with Crippen LogP contribution in [0.1, 0.15) is 5.69 Å². The molecule has 6 aromatic carbocycles. The molecular formula is C38H25N3O2Pt. The molecular weight excluding hydrogens is 726 g/mol. The van der Waals surface area contributed by atoms with Gasteiger partial charge in [-0.25, -0.2) is 4.98 Å². The molecule has 0 unspecified atom stereocenters. The molecule has 0 aliphatic heterocycles. The quantitative estimate of drug-likeness (QED) is 0.176. The SMILES string of the molecule is Oc1cccc2cccc(N=Cc3cc4ccccc4c(-c4ccc5c(c4O)c4ccccc4n5-c4ccccc4)n3)c12.[Pt]. The van der Waals surface area contributed by atoms with Gasteiger partial charge in [-0.05, 0) is 59.3 Å². The smallest absolute Gasteiger partial charge is 0.135 e. The van der Waals surface area contributed by atoms with Gasteiger partial charge in [-0.1, -0.05) is 84.9 Å². The fourth-order valence-electron chi connectivity index (χ4n) is 6.12. The van der Waals surface area contributed by atoms with Crippen LogP contribution in [0.15, 0.2) is 138 Å². The van der Waals surface area contributed by atoms with Gasteiger partial charge in [0, 0.05) is 48.5 Å². The molecule has 44 heavy (non-hydrogen) atoms. The van der Waals surface area contributed by atoms with Gasteiger partial charge in [-0.15, -0.1) is 0 Å². The summed E-state index contributed by atoms with van der Waals surface area (Å²) in [5.74, 6) is 0.374. The van der Waals surface area contributed by atoms with Crippen LogP contribution in [-0.4, -0.2) is 26.0 Å². The number of pyridine rings is 1. The van der Waals surface area contributed by atoms with E-state index in [1.807, 2.05) is 97.1 Å². The van der Waals surface area contributed by atoms with Crippen LogP contribution in [0, 0.1) is 0 Å². The minimum atomic E-state index is 0. The zero-order valence-corrected chi connectivity index (χ0v) is 25.6. The number of hydrogen-bond donors (Lipinski definition) is 2. The van der Waals surface area contributed by atoms with Crippen LogP contribution in [0.3, 0.4) is 0 Å². The summed E-state index contributed by atoms with van der Waals surface area (Å²) in [6, 6.07) is 43.6. The van der Waals surface area contributed by atoms with Crippen LogP contribution in [0.5, 0.6) is 11.5 Å². The summed E-state index contributed by atoms with van der Waals surface area (Å²) < 4.78 is 2.18. The molecule has 0 aliphatic carbocycles. The molecule has 5 nitrogen and oxygen atoms in total. The molecule has 6 heteroatoms. The van der Waals surface area contributed by atoms with Crippen molar-refractivity contribution in [2.45, 2.75) is 0 Å². The van der Waals surface area contributed by atoms with Crippen molar-refractivity contribution in [1.82, 2.24) is 9.55 Å². The third-order valence-corrected chi connectivity index (χ3v) is 8.04. The van der Waals surface area contributed by atoms with E-state index < -0.39 is 0 Å². The molecule has 0 fully saturated rings. The van der Waals surface area contributed by atoms with E-state index in [-0.39, 0.29) is 32.6 Å². The second-order valence-electron chi connectivity index (χ2n) is 10.6. The Bertz CT molecular complexity index is 2370. The van der Waals surface area contributed by atoms with Crippen molar-refractivity contribution in [1.29, 1.82) is 0 Å². The predicted octanol–water partition coefficient (Wildman–Crippen LogP) is 9.31. The van der Waals surface area contributed by atoms with Crippen LogP contribution in [0.4, 0.5) is 5.69 Å². The molecule has 2 aromatic heterocycles. The van der Waals surface area contributed by atoms with Crippen molar-refractivity contribution in [2.24, 2.45) is 4.99 Å². The number of hydrogen-bond acceptors (Lipinski definition) is 4. The third kappa shape index (κ3) is 4.45. The van der Waals surface area contributed by atoms with E-state index in [1.165, 1.54) is 0 Å². The second kappa shape index (κ2) is 11.1. The first kappa shape index (κ1) is 27.6. The number of nitrogens with zero attached hydrogens (tertiary/aromatic N) is 3. The zero-order valence-electron chi connectivity index (χ0n) is 23.3. The number of phenols is 2. The number of fused-ring (bicyclic) bond motifs is 5. The first-order chi connectivity index (χ1) is 21.2. The maximum Gasteiger partial charge on any atom is 0.135 e. The van der Waals surface area contributed by atoms with Crippen molar-refractivity contribution < 1.29 is 31.3 Å². The molecule has 0 bridgehead atoms. The standard InChI is InChI=1S/C38H25N3O2.Pt/c42-34-19-9-12-24-11-8-17-31(35(24)34)39-23-26-22-25-10-4-5-15-28(25)37(40-26)30-20-21-33-36(38(30)43)29-16-6-7-18-32(29)41(33)27-13-2-1-3-14-27;/h1-23,42-43H;. The molecule has 0 saturated heterocycles. The van der Waals surface area contributed by atoms with Crippen LogP contribution >= 0.6 is 0 Å². The Balaban J connectivity index is 0.00000312. The van der Waals surface area contributed by atoms with Crippen LogP contribution < -0.4 is 0 Å². The van der Waals surface area contributed by atoms with Crippen molar-refractivity contribution in [3.05, 3.63) is 139 Å². The van der Waals surface area contributed by atoms with Gasteiger partial charge in [0.05, 0.1) is 39.7 Å². The minimum Gasteiger partial charge on any atom is -0.507 e. The van der Waals surface area contributed by atoms with E-state index in [9.17, 15) is 10.2 Å². The number of para-hydroxylation sites is 2. The Labute approximate surface area is 267 Å². The number of aliphatic imine (C=N–C) groups is 1. The Morgan fingerprint density at radius 1 is 0.614 bits per heavy atom. The van der Waals surface area contributed by atoms with Gasteiger partial charge in [0.1, 0.15) is 11.5 Å². The molecule has 0 atom stereocenters. The number of rotatable bonds is 4. The van der Waals surface area contributed by atoms with Crippen LogP contribution in [-0.2, 0) is 21.1 Å². The van der Waals surface area contributed by atoms with E-state index in [0.29, 0.717) is 28.0 Å². The maximum atomic E-state index is 12.0. The first-order valence-electron chi connectivity index (χ1n) is 14.1. The zero-order chi connectivity index (χ0) is 28.9. The summed E-state index contributed by atoms with van der Waals surface area (Å²) >= 11 is 0. The molecule has 0 aliphatic rings. The Kier molecular flexibility index (Phi) is 6.96. The Hall–Kier alpha value is -5.25. The number of aromatic nitrogens is 2. The summed E-state index contributed by atoms with van der Waals surface area (Å²) in [6.45, 7) is 0. The molecule has 0 saturated carbocycles. The summed E-state index contributed by atoms with van der Waals surface area (Å²) in [5.41, 5.74) is 5.60. The maximum absolute atomic E-state index is 12.0. The van der Waals surface area contributed by atoms with Crippen molar-refractivity contribution in [3.8, 4) is 28.4 Å². The van der Waals surface area contributed by atoms with Gasteiger partial charge in [-0.2, -0.15) is 0 Å². The average molecular weight is 751 g/mol. The Morgan fingerprint density at radius 3 is 2.16 bits per heavy atom. The average Bonchev–Trinajstić information content (AvgIpc) is 3.39. The van der Waals surface area contributed by atoms with Crippen LogP contribution in [0.25, 0.3) is 60.3 Å². The largest absolute Gasteiger partial charge is 0.507 e. The van der Waals surface area contributed by atoms with E-state index >= 15 is 0 Å². The fraction of sp³-hybridized carbons (Fsp3) is 0. The summed E-state index contributed by atoms with van der Waals surface area (Å²) in [4.78, 5) is 9.77. The molecule has 214 valence electrons.